The van der Waals surface area contributed by atoms with Crippen molar-refractivity contribution >= 4 is 5.82 Å². The van der Waals surface area contributed by atoms with Gasteiger partial charge in [0.15, 0.2) is 0 Å². The Bertz CT molecular complexity index is 354. The molecule has 0 bridgehead atoms. The van der Waals surface area contributed by atoms with Gasteiger partial charge in [-0.25, -0.2) is 4.98 Å². The van der Waals surface area contributed by atoms with Crippen molar-refractivity contribution in [2.45, 2.75) is 39.1 Å². The van der Waals surface area contributed by atoms with Crippen LogP contribution in [-0.4, -0.2) is 35.4 Å². The fourth-order valence-corrected chi connectivity index (χ4v) is 2.20. The van der Waals surface area contributed by atoms with E-state index in [4.69, 9.17) is 4.74 Å². The number of ether oxygens (including phenoxy) is 1. The minimum atomic E-state index is -0.459. The van der Waals surface area contributed by atoms with Crippen molar-refractivity contribution in [1.82, 2.24) is 4.98 Å². The third-order valence-corrected chi connectivity index (χ3v) is 3.00. The Kier molecular flexibility index (Phi) is 3.64. The van der Waals surface area contributed by atoms with Gasteiger partial charge in [-0.3, -0.25) is 0 Å². The molecule has 1 fully saturated rings. The molecule has 3 atom stereocenters. The summed E-state index contributed by atoms with van der Waals surface area (Å²) in [6, 6.07) is 3.89. The summed E-state index contributed by atoms with van der Waals surface area (Å²) in [5, 5.41) is 9.44. The van der Waals surface area contributed by atoms with Crippen LogP contribution >= 0.6 is 0 Å². The number of morpholine rings is 1. The normalized spacial score (nSPS) is 26.9. The van der Waals surface area contributed by atoms with Gasteiger partial charge >= 0.3 is 0 Å². The van der Waals surface area contributed by atoms with Crippen LogP contribution < -0.4 is 4.90 Å². The van der Waals surface area contributed by atoms with Crippen molar-refractivity contribution < 1.29 is 9.84 Å². The summed E-state index contributed by atoms with van der Waals surface area (Å²) in [5.74, 6) is 0.955. The molecular formula is C13H20N2O2. The van der Waals surface area contributed by atoms with Crippen LogP contribution in [0.1, 0.15) is 32.4 Å². The number of hydrogen-bond acceptors (Lipinski definition) is 4. The lowest BCUT2D eigenvalue weighted by Crippen LogP contribution is -2.45. The molecule has 0 radical (unpaired) electrons. The Hall–Kier alpha value is -1.13. The van der Waals surface area contributed by atoms with E-state index in [1.54, 1.807) is 13.1 Å². The Morgan fingerprint density at radius 1 is 1.35 bits per heavy atom. The van der Waals surface area contributed by atoms with Gasteiger partial charge in [0, 0.05) is 19.3 Å². The monoisotopic (exact) mass is 236 g/mol. The molecule has 2 unspecified atom stereocenters. The predicted molar refractivity (Wildman–Crippen MR) is 67.1 cm³/mol. The van der Waals surface area contributed by atoms with Crippen LogP contribution in [0, 0.1) is 0 Å². The minimum absolute atomic E-state index is 0.233. The smallest absolute Gasteiger partial charge is 0.128 e. The summed E-state index contributed by atoms with van der Waals surface area (Å²) in [7, 11) is 0. The minimum Gasteiger partial charge on any atom is -0.389 e. The molecule has 0 amide bonds. The largest absolute Gasteiger partial charge is 0.389 e. The van der Waals surface area contributed by atoms with E-state index >= 15 is 0 Å². The molecule has 2 rings (SSSR count). The summed E-state index contributed by atoms with van der Waals surface area (Å²) in [4.78, 5) is 6.63. The highest BCUT2D eigenvalue weighted by atomic mass is 16.5. The summed E-state index contributed by atoms with van der Waals surface area (Å²) in [6.07, 6.45) is 1.75. The molecule has 0 saturated carbocycles. The van der Waals surface area contributed by atoms with Gasteiger partial charge in [0.1, 0.15) is 5.82 Å². The Labute approximate surface area is 102 Å². The van der Waals surface area contributed by atoms with Crippen molar-refractivity contribution in [1.29, 1.82) is 0 Å². The first-order chi connectivity index (χ1) is 8.06. The molecule has 4 heteroatoms. The van der Waals surface area contributed by atoms with Crippen molar-refractivity contribution in [3.05, 3.63) is 23.9 Å². The predicted octanol–water partition coefficient (Wildman–Crippen LogP) is 1.75. The molecule has 17 heavy (non-hydrogen) atoms. The number of anilines is 1. The Morgan fingerprint density at radius 3 is 2.47 bits per heavy atom. The van der Waals surface area contributed by atoms with Gasteiger partial charge in [-0.05, 0) is 32.4 Å². The zero-order valence-corrected chi connectivity index (χ0v) is 10.6. The molecular weight excluding hydrogens is 216 g/mol. The van der Waals surface area contributed by atoms with Crippen LogP contribution in [0.2, 0.25) is 0 Å². The fourth-order valence-electron chi connectivity index (χ4n) is 2.20. The lowest BCUT2D eigenvalue weighted by molar-refractivity contribution is -0.00546. The molecule has 1 aromatic heterocycles. The molecule has 1 N–H and O–H groups in total. The van der Waals surface area contributed by atoms with E-state index in [0.29, 0.717) is 0 Å². The molecule has 2 heterocycles. The number of aliphatic hydroxyl groups is 1. The second kappa shape index (κ2) is 5.02. The van der Waals surface area contributed by atoms with Gasteiger partial charge in [-0.1, -0.05) is 6.07 Å². The first-order valence-electron chi connectivity index (χ1n) is 6.10. The standard InChI is InChI=1S/C13H20N2O2/c1-9-7-15(8-10(2)17-9)13-5-4-12(6-14-13)11(3)16/h4-6,9-11,16H,7-8H2,1-3H3/t9?,10?,11-/m0/s1. The number of nitrogens with zero attached hydrogens (tertiary/aromatic N) is 2. The molecule has 0 aromatic carbocycles. The van der Waals surface area contributed by atoms with Crippen LogP contribution in [0.5, 0.6) is 0 Å². The van der Waals surface area contributed by atoms with E-state index in [1.165, 1.54) is 0 Å². The molecule has 94 valence electrons. The number of pyridine rings is 1. The van der Waals surface area contributed by atoms with Gasteiger partial charge in [-0.2, -0.15) is 0 Å². The zero-order chi connectivity index (χ0) is 12.4. The topological polar surface area (TPSA) is 45.6 Å². The molecule has 4 nitrogen and oxygen atoms in total. The summed E-state index contributed by atoms with van der Waals surface area (Å²) < 4.78 is 5.69. The summed E-state index contributed by atoms with van der Waals surface area (Å²) >= 11 is 0. The Morgan fingerprint density at radius 2 is 2.00 bits per heavy atom. The summed E-state index contributed by atoms with van der Waals surface area (Å²) in [5.41, 5.74) is 0.850. The third-order valence-electron chi connectivity index (χ3n) is 3.00. The SMILES string of the molecule is CC1CN(c2ccc([C@H](C)O)cn2)CC(C)O1. The van der Waals surface area contributed by atoms with Crippen molar-refractivity contribution in [2.75, 3.05) is 18.0 Å². The van der Waals surface area contributed by atoms with Crippen LogP contribution in [-0.2, 0) is 4.74 Å². The second-order valence-corrected chi connectivity index (χ2v) is 4.79. The van der Waals surface area contributed by atoms with E-state index < -0.39 is 6.10 Å². The average molecular weight is 236 g/mol. The maximum Gasteiger partial charge on any atom is 0.128 e. The highest BCUT2D eigenvalue weighted by molar-refractivity contribution is 5.40. The lowest BCUT2D eigenvalue weighted by atomic mass is 10.2. The van der Waals surface area contributed by atoms with Gasteiger partial charge in [0.25, 0.3) is 0 Å². The van der Waals surface area contributed by atoms with E-state index in [2.05, 4.69) is 23.7 Å². The second-order valence-electron chi connectivity index (χ2n) is 4.79. The summed E-state index contributed by atoms with van der Waals surface area (Å²) in [6.45, 7) is 7.63. The molecule has 1 saturated heterocycles. The van der Waals surface area contributed by atoms with Crippen LogP contribution in [0.25, 0.3) is 0 Å². The first-order valence-corrected chi connectivity index (χ1v) is 6.10. The van der Waals surface area contributed by atoms with Crippen LogP contribution in [0.4, 0.5) is 5.82 Å². The number of aliphatic hydroxyl groups excluding tert-OH is 1. The third kappa shape index (κ3) is 2.96. The van der Waals surface area contributed by atoms with E-state index in [1.807, 2.05) is 12.1 Å². The molecule has 1 aliphatic rings. The van der Waals surface area contributed by atoms with Crippen LogP contribution in [0.3, 0.4) is 0 Å². The zero-order valence-electron chi connectivity index (χ0n) is 10.6. The number of aromatic nitrogens is 1. The van der Waals surface area contributed by atoms with E-state index in [9.17, 15) is 5.11 Å². The molecule has 0 spiro atoms. The molecule has 1 aromatic rings. The Balaban J connectivity index is 2.11. The maximum atomic E-state index is 9.44. The van der Waals surface area contributed by atoms with Gasteiger partial charge in [0.05, 0.1) is 18.3 Å². The van der Waals surface area contributed by atoms with E-state index in [0.717, 1.165) is 24.5 Å². The van der Waals surface area contributed by atoms with Crippen molar-refractivity contribution in [2.24, 2.45) is 0 Å². The van der Waals surface area contributed by atoms with Crippen LogP contribution in [0.15, 0.2) is 18.3 Å². The number of rotatable bonds is 2. The quantitative estimate of drug-likeness (QED) is 0.849. The highest BCUT2D eigenvalue weighted by Crippen LogP contribution is 2.20. The highest BCUT2D eigenvalue weighted by Gasteiger charge is 2.22. The molecule has 0 aliphatic carbocycles. The average Bonchev–Trinajstić information content (AvgIpc) is 2.28. The first kappa shape index (κ1) is 12.3. The van der Waals surface area contributed by atoms with E-state index in [-0.39, 0.29) is 12.2 Å². The number of hydrogen-bond donors (Lipinski definition) is 1. The lowest BCUT2D eigenvalue weighted by Gasteiger charge is -2.36. The van der Waals surface area contributed by atoms with Crippen molar-refractivity contribution in [3.63, 3.8) is 0 Å². The van der Waals surface area contributed by atoms with Gasteiger partial charge in [-0.15, -0.1) is 0 Å². The van der Waals surface area contributed by atoms with Crippen molar-refractivity contribution in [3.8, 4) is 0 Å². The molecule has 1 aliphatic heterocycles. The fraction of sp³-hybridized carbons (Fsp3) is 0.615. The van der Waals surface area contributed by atoms with Gasteiger partial charge in [0.2, 0.25) is 0 Å². The maximum absolute atomic E-state index is 9.44. The van der Waals surface area contributed by atoms with Gasteiger partial charge < -0.3 is 14.7 Å².